The first-order chi connectivity index (χ1) is 15.7. The minimum Gasteiger partial charge on any atom is -0.357 e. The van der Waals surface area contributed by atoms with Crippen LogP contribution in [0.25, 0.3) is 0 Å². The molecule has 0 aliphatic carbocycles. The minimum atomic E-state index is -0.258. The first-order valence-electron chi connectivity index (χ1n) is 11.9. The molecule has 2 aliphatic heterocycles. The third-order valence-electron chi connectivity index (χ3n) is 6.35. The highest BCUT2D eigenvalue weighted by atomic mass is 127. The van der Waals surface area contributed by atoms with Crippen LogP contribution in [-0.4, -0.2) is 67.7 Å². The third kappa shape index (κ3) is 7.53. The molecule has 1 aromatic carbocycles. The molecule has 2 aromatic rings. The lowest BCUT2D eigenvalue weighted by Gasteiger charge is -2.20. The summed E-state index contributed by atoms with van der Waals surface area (Å²) in [7, 11) is 0. The van der Waals surface area contributed by atoms with Gasteiger partial charge in [-0.25, -0.2) is 9.37 Å². The molecule has 2 atom stereocenters. The monoisotopic (exact) mass is 566 g/mol. The Morgan fingerprint density at radius 2 is 1.97 bits per heavy atom. The summed E-state index contributed by atoms with van der Waals surface area (Å²) in [5.74, 6) is 1.65. The number of rotatable bonds is 8. The van der Waals surface area contributed by atoms with Gasteiger partial charge in [0.05, 0.1) is 0 Å². The standard InChI is InChI=1S/C25H35FN6.HI/c1-2-27-25(30-22-12-16-32(19-22)24-23(26)9-6-13-28-24)29-17-21-11-15-31(18-21)14-10-20-7-4-3-5-8-20;/h3-9,13,21-22H,2,10-12,14-19H2,1H3,(H2,27,29,30);1H. The van der Waals surface area contributed by atoms with E-state index < -0.39 is 0 Å². The average molecular weight is 567 g/mol. The molecule has 0 bridgehead atoms. The summed E-state index contributed by atoms with van der Waals surface area (Å²) >= 11 is 0. The number of hydrogen-bond donors (Lipinski definition) is 2. The van der Waals surface area contributed by atoms with Crippen LogP contribution in [0, 0.1) is 11.7 Å². The maximum absolute atomic E-state index is 14.1. The van der Waals surface area contributed by atoms with Gasteiger partial charge in [-0.1, -0.05) is 30.3 Å². The van der Waals surface area contributed by atoms with Crippen molar-refractivity contribution in [3.63, 3.8) is 0 Å². The average Bonchev–Trinajstić information content (AvgIpc) is 3.47. The molecule has 0 radical (unpaired) electrons. The number of anilines is 1. The predicted octanol–water partition coefficient (Wildman–Crippen LogP) is 3.54. The van der Waals surface area contributed by atoms with Gasteiger partial charge in [0.25, 0.3) is 0 Å². The Bertz CT molecular complexity index is 880. The van der Waals surface area contributed by atoms with Crippen LogP contribution in [0.2, 0.25) is 0 Å². The summed E-state index contributed by atoms with van der Waals surface area (Å²) in [6.45, 7) is 8.66. The summed E-state index contributed by atoms with van der Waals surface area (Å²) in [6.07, 6.45) is 4.90. The van der Waals surface area contributed by atoms with Gasteiger partial charge < -0.3 is 20.4 Å². The quantitative estimate of drug-likeness (QED) is 0.291. The molecule has 2 aliphatic rings. The summed E-state index contributed by atoms with van der Waals surface area (Å²) in [6, 6.07) is 14.1. The van der Waals surface area contributed by atoms with Crippen molar-refractivity contribution in [3.05, 3.63) is 60.0 Å². The number of halogens is 2. The fourth-order valence-electron chi connectivity index (χ4n) is 4.61. The number of benzene rings is 1. The van der Waals surface area contributed by atoms with Crippen LogP contribution in [0.15, 0.2) is 53.7 Å². The van der Waals surface area contributed by atoms with Crippen molar-refractivity contribution in [1.29, 1.82) is 0 Å². The summed E-state index contributed by atoms with van der Waals surface area (Å²) in [5, 5.41) is 6.93. The van der Waals surface area contributed by atoms with Crippen LogP contribution in [0.3, 0.4) is 0 Å². The van der Waals surface area contributed by atoms with Gasteiger partial charge in [-0.3, -0.25) is 4.99 Å². The van der Waals surface area contributed by atoms with Crippen molar-refractivity contribution in [2.75, 3.05) is 50.7 Å². The Morgan fingerprint density at radius 3 is 2.76 bits per heavy atom. The molecule has 2 fully saturated rings. The second-order valence-electron chi connectivity index (χ2n) is 8.80. The van der Waals surface area contributed by atoms with Gasteiger partial charge in [-0.2, -0.15) is 0 Å². The molecule has 1 aromatic heterocycles. The van der Waals surface area contributed by atoms with Crippen LogP contribution in [-0.2, 0) is 6.42 Å². The van der Waals surface area contributed by atoms with Gasteiger partial charge in [0.1, 0.15) is 0 Å². The number of aromatic nitrogens is 1. The second-order valence-corrected chi connectivity index (χ2v) is 8.80. The zero-order valence-electron chi connectivity index (χ0n) is 19.4. The summed E-state index contributed by atoms with van der Waals surface area (Å²) < 4.78 is 14.1. The third-order valence-corrected chi connectivity index (χ3v) is 6.35. The first-order valence-corrected chi connectivity index (χ1v) is 11.9. The number of guanidine groups is 1. The maximum atomic E-state index is 14.1. The first kappa shape index (κ1) is 25.7. The van der Waals surface area contributed by atoms with Crippen LogP contribution < -0.4 is 15.5 Å². The Kier molecular flexibility index (Phi) is 10.2. The van der Waals surface area contributed by atoms with E-state index in [1.54, 1.807) is 12.3 Å². The maximum Gasteiger partial charge on any atom is 0.191 e. The van der Waals surface area contributed by atoms with E-state index in [4.69, 9.17) is 4.99 Å². The molecule has 180 valence electrons. The zero-order chi connectivity index (χ0) is 22.2. The van der Waals surface area contributed by atoms with E-state index in [2.05, 4.69) is 57.8 Å². The molecular formula is C25H36FIN6. The van der Waals surface area contributed by atoms with E-state index in [1.165, 1.54) is 18.1 Å². The van der Waals surface area contributed by atoms with Crippen molar-refractivity contribution in [3.8, 4) is 0 Å². The molecule has 33 heavy (non-hydrogen) atoms. The number of nitrogens with zero attached hydrogens (tertiary/aromatic N) is 4. The largest absolute Gasteiger partial charge is 0.357 e. The summed E-state index contributed by atoms with van der Waals surface area (Å²) in [4.78, 5) is 13.7. The normalized spacial score (nSPS) is 21.2. The van der Waals surface area contributed by atoms with E-state index >= 15 is 0 Å². The molecule has 0 spiro atoms. The smallest absolute Gasteiger partial charge is 0.191 e. The van der Waals surface area contributed by atoms with E-state index in [0.29, 0.717) is 11.7 Å². The molecule has 2 saturated heterocycles. The van der Waals surface area contributed by atoms with Crippen molar-refractivity contribution in [1.82, 2.24) is 20.5 Å². The molecule has 4 rings (SSSR count). The molecular weight excluding hydrogens is 530 g/mol. The van der Waals surface area contributed by atoms with Gasteiger partial charge in [0, 0.05) is 51.5 Å². The fraction of sp³-hybridized carbons (Fsp3) is 0.520. The number of hydrogen-bond acceptors (Lipinski definition) is 4. The van der Waals surface area contributed by atoms with Gasteiger partial charge in [0.15, 0.2) is 17.6 Å². The predicted molar refractivity (Wildman–Crippen MR) is 144 cm³/mol. The molecule has 6 nitrogen and oxygen atoms in total. The lowest BCUT2D eigenvalue weighted by atomic mass is 10.1. The Hall–Kier alpha value is -1.94. The minimum absolute atomic E-state index is 0. The topological polar surface area (TPSA) is 55.8 Å². The van der Waals surface area contributed by atoms with Gasteiger partial charge in [-0.15, -0.1) is 24.0 Å². The van der Waals surface area contributed by atoms with Crippen LogP contribution in [0.1, 0.15) is 25.3 Å². The SMILES string of the molecule is CCNC(=NCC1CCN(CCc2ccccc2)C1)NC1CCN(c2ncccc2F)C1.I. The van der Waals surface area contributed by atoms with Crippen molar-refractivity contribution in [2.24, 2.45) is 10.9 Å². The summed E-state index contributed by atoms with van der Waals surface area (Å²) in [5.41, 5.74) is 1.41. The number of nitrogens with one attached hydrogen (secondary N) is 2. The van der Waals surface area contributed by atoms with E-state index in [1.807, 2.05) is 4.90 Å². The molecule has 2 N–H and O–H groups in total. The fourth-order valence-corrected chi connectivity index (χ4v) is 4.61. The highest BCUT2D eigenvalue weighted by molar-refractivity contribution is 14.0. The van der Waals surface area contributed by atoms with Crippen LogP contribution in [0.5, 0.6) is 0 Å². The highest BCUT2D eigenvalue weighted by Gasteiger charge is 2.26. The Balaban J connectivity index is 0.00000306. The van der Waals surface area contributed by atoms with E-state index in [-0.39, 0.29) is 35.8 Å². The molecule has 2 unspecified atom stereocenters. The molecule has 8 heteroatoms. The number of pyridine rings is 1. The lowest BCUT2D eigenvalue weighted by molar-refractivity contribution is 0.329. The van der Waals surface area contributed by atoms with Crippen LogP contribution >= 0.6 is 24.0 Å². The second kappa shape index (κ2) is 13.1. The van der Waals surface area contributed by atoms with E-state index in [0.717, 1.165) is 64.6 Å². The van der Waals surface area contributed by atoms with E-state index in [9.17, 15) is 4.39 Å². The van der Waals surface area contributed by atoms with Crippen LogP contribution in [0.4, 0.5) is 10.2 Å². The van der Waals surface area contributed by atoms with Crippen molar-refractivity contribution >= 4 is 35.8 Å². The molecule has 0 amide bonds. The Morgan fingerprint density at radius 1 is 1.12 bits per heavy atom. The van der Waals surface area contributed by atoms with Gasteiger partial charge in [-0.05, 0) is 56.3 Å². The highest BCUT2D eigenvalue weighted by Crippen LogP contribution is 2.21. The Labute approximate surface area is 214 Å². The number of aliphatic imine (C=N–C) groups is 1. The lowest BCUT2D eigenvalue weighted by Crippen LogP contribution is -2.45. The molecule has 3 heterocycles. The number of likely N-dealkylation sites (tertiary alicyclic amines) is 1. The zero-order valence-corrected chi connectivity index (χ0v) is 21.8. The van der Waals surface area contributed by atoms with Gasteiger partial charge >= 0.3 is 0 Å². The molecule has 0 saturated carbocycles. The van der Waals surface area contributed by atoms with Gasteiger partial charge in [0.2, 0.25) is 0 Å². The van der Waals surface area contributed by atoms with Crippen molar-refractivity contribution in [2.45, 2.75) is 32.2 Å². The van der Waals surface area contributed by atoms with Crippen molar-refractivity contribution < 1.29 is 4.39 Å².